The molecule has 1 N–H and O–H groups in total. The quantitative estimate of drug-likeness (QED) is 0.585. The number of rotatable bonds is 6. The normalized spacial score (nSPS) is 20.3. The summed E-state index contributed by atoms with van der Waals surface area (Å²) in [5, 5.41) is 2.92. The first-order valence-corrected chi connectivity index (χ1v) is 10.9. The van der Waals surface area contributed by atoms with Crippen molar-refractivity contribution >= 4 is 35.6 Å². The van der Waals surface area contributed by atoms with Crippen molar-refractivity contribution in [1.29, 1.82) is 0 Å². The molecule has 2 aliphatic rings. The molecular formula is C21H26N2O4S. The van der Waals surface area contributed by atoms with E-state index in [0.717, 1.165) is 31.2 Å². The van der Waals surface area contributed by atoms with Crippen LogP contribution >= 0.6 is 11.8 Å². The van der Waals surface area contributed by atoms with Gasteiger partial charge in [-0.3, -0.25) is 9.59 Å². The minimum Gasteiger partial charge on any atom is -0.454 e. The average Bonchev–Trinajstić information content (AvgIpc) is 3.22. The van der Waals surface area contributed by atoms with Crippen LogP contribution in [-0.4, -0.2) is 53.0 Å². The Morgan fingerprint density at radius 1 is 1.14 bits per heavy atom. The minimum absolute atomic E-state index is 0.184. The standard InChI is InChI=1S/C21H26N2O4S/c24-19(22-17-9-5-2-6-10-17)13-27-21(26)18-14-28-15-23(18)20(25)12-11-16-7-3-1-4-8-16/h1,3-4,7-8,11-12,17-18H,2,5-6,9-10,13-15H2,(H,22,24)/b12-11+. The number of hydrogen-bond acceptors (Lipinski definition) is 5. The Labute approximate surface area is 169 Å². The van der Waals surface area contributed by atoms with Gasteiger partial charge >= 0.3 is 5.97 Å². The molecule has 1 aliphatic heterocycles. The lowest BCUT2D eigenvalue weighted by atomic mass is 9.95. The molecule has 1 atom stereocenters. The number of nitrogens with zero attached hydrogens (tertiary/aromatic N) is 1. The number of esters is 1. The predicted octanol–water partition coefficient (Wildman–Crippen LogP) is 2.59. The van der Waals surface area contributed by atoms with Crippen LogP contribution in [0.4, 0.5) is 0 Å². The van der Waals surface area contributed by atoms with Gasteiger partial charge in [-0.05, 0) is 24.5 Å². The molecule has 0 bridgehead atoms. The number of nitrogens with one attached hydrogen (secondary N) is 1. The van der Waals surface area contributed by atoms with Gasteiger partial charge in [0.2, 0.25) is 5.91 Å². The Morgan fingerprint density at radius 2 is 1.89 bits per heavy atom. The van der Waals surface area contributed by atoms with E-state index in [1.54, 1.807) is 6.08 Å². The van der Waals surface area contributed by atoms with Crippen molar-refractivity contribution in [2.45, 2.75) is 44.2 Å². The molecule has 1 aromatic carbocycles. The second-order valence-corrected chi connectivity index (χ2v) is 8.08. The molecule has 28 heavy (non-hydrogen) atoms. The van der Waals surface area contributed by atoms with E-state index >= 15 is 0 Å². The molecule has 7 heteroatoms. The maximum Gasteiger partial charge on any atom is 0.330 e. The third-order valence-corrected chi connectivity index (χ3v) is 5.98. The van der Waals surface area contributed by atoms with Crippen molar-refractivity contribution in [2.75, 3.05) is 18.2 Å². The molecule has 0 spiro atoms. The zero-order chi connectivity index (χ0) is 19.8. The van der Waals surface area contributed by atoms with Gasteiger partial charge in [-0.2, -0.15) is 0 Å². The van der Waals surface area contributed by atoms with E-state index in [1.165, 1.54) is 29.2 Å². The second kappa shape index (κ2) is 10.3. The van der Waals surface area contributed by atoms with Crippen LogP contribution in [0, 0.1) is 0 Å². The van der Waals surface area contributed by atoms with Crippen molar-refractivity contribution in [3.8, 4) is 0 Å². The monoisotopic (exact) mass is 402 g/mol. The molecule has 0 aromatic heterocycles. The summed E-state index contributed by atoms with van der Waals surface area (Å²) in [6.45, 7) is -0.293. The summed E-state index contributed by atoms with van der Waals surface area (Å²) in [6.07, 6.45) is 8.62. The van der Waals surface area contributed by atoms with Crippen molar-refractivity contribution < 1.29 is 19.1 Å². The molecule has 150 valence electrons. The summed E-state index contributed by atoms with van der Waals surface area (Å²) in [5.74, 6) is -0.111. The number of amides is 2. The largest absolute Gasteiger partial charge is 0.454 e. The van der Waals surface area contributed by atoms with E-state index in [2.05, 4.69) is 5.32 Å². The summed E-state index contributed by atoms with van der Waals surface area (Å²) in [7, 11) is 0. The zero-order valence-electron chi connectivity index (χ0n) is 15.8. The zero-order valence-corrected chi connectivity index (χ0v) is 16.7. The van der Waals surface area contributed by atoms with E-state index in [1.807, 2.05) is 30.3 Å². The van der Waals surface area contributed by atoms with Gasteiger partial charge < -0.3 is 15.0 Å². The molecule has 1 saturated carbocycles. The molecule has 2 fully saturated rings. The van der Waals surface area contributed by atoms with Crippen LogP contribution in [0.1, 0.15) is 37.7 Å². The highest BCUT2D eigenvalue weighted by Gasteiger charge is 2.35. The fourth-order valence-corrected chi connectivity index (χ4v) is 4.58. The number of carbonyl (C=O) groups excluding carboxylic acids is 3. The third kappa shape index (κ3) is 5.86. The molecule has 1 aliphatic carbocycles. The fraction of sp³-hybridized carbons (Fsp3) is 0.476. The third-order valence-electron chi connectivity index (χ3n) is 4.97. The first-order valence-electron chi connectivity index (χ1n) is 9.71. The fourth-order valence-electron chi connectivity index (χ4n) is 3.43. The SMILES string of the molecule is O=C(COC(=O)C1CSCN1C(=O)/C=C/c1ccccc1)NC1CCCCC1. The number of ether oxygens (including phenoxy) is 1. The summed E-state index contributed by atoms with van der Waals surface area (Å²) in [6, 6.07) is 9.04. The molecule has 1 heterocycles. The molecular weight excluding hydrogens is 376 g/mol. The summed E-state index contributed by atoms with van der Waals surface area (Å²) >= 11 is 1.50. The van der Waals surface area contributed by atoms with E-state index in [4.69, 9.17) is 4.74 Å². The molecule has 1 aromatic rings. The second-order valence-electron chi connectivity index (χ2n) is 7.08. The highest BCUT2D eigenvalue weighted by Crippen LogP contribution is 2.22. The number of carbonyl (C=O) groups is 3. The predicted molar refractivity (Wildman–Crippen MR) is 109 cm³/mol. The highest BCUT2D eigenvalue weighted by molar-refractivity contribution is 7.99. The Bertz CT molecular complexity index is 716. The van der Waals surface area contributed by atoms with Crippen LogP contribution in [0.25, 0.3) is 6.08 Å². The van der Waals surface area contributed by atoms with Crippen molar-refractivity contribution in [2.24, 2.45) is 0 Å². The summed E-state index contributed by atoms with van der Waals surface area (Å²) in [5.41, 5.74) is 0.918. The van der Waals surface area contributed by atoms with E-state index < -0.39 is 12.0 Å². The van der Waals surface area contributed by atoms with E-state index in [-0.39, 0.29) is 24.5 Å². The summed E-state index contributed by atoms with van der Waals surface area (Å²) in [4.78, 5) is 38.4. The Balaban J connectivity index is 1.47. The number of thioether (sulfide) groups is 1. The smallest absolute Gasteiger partial charge is 0.330 e. The lowest BCUT2D eigenvalue weighted by molar-refractivity contribution is -0.154. The van der Waals surface area contributed by atoms with E-state index in [9.17, 15) is 14.4 Å². The average molecular weight is 403 g/mol. The van der Waals surface area contributed by atoms with Gasteiger partial charge in [0.25, 0.3) is 5.91 Å². The lowest BCUT2D eigenvalue weighted by Crippen LogP contribution is -2.44. The van der Waals surface area contributed by atoms with E-state index in [0.29, 0.717) is 11.6 Å². The van der Waals surface area contributed by atoms with Crippen molar-refractivity contribution in [3.63, 3.8) is 0 Å². The van der Waals surface area contributed by atoms with Crippen LogP contribution in [0.3, 0.4) is 0 Å². The van der Waals surface area contributed by atoms with Gasteiger partial charge in [0.1, 0.15) is 6.04 Å². The van der Waals surface area contributed by atoms with Gasteiger partial charge in [-0.1, -0.05) is 49.6 Å². The molecule has 0 radical (unpaired) electrons. The minimum atomic E-state index is -0.652. The van der Waals surface area contributed by atoms with Crippen molar-refractivity contribution in [1.82, 2.24) is 10.2 Å². The Morgan fingerprint density at radius 3 is 2.64 bits per heavy atom. The van der Waals surface area contributed by atoms with Crippen molar-refractivity contribution in [3.05, 3.63) is 42.0 Å². The Kier molecular flexibility index (Phi) is 7.54. The first kappa shape index (κ1) is 20.5. The van der Waals surface area contributed by atoms with Gasteiger partial charge in [-0.25, -0.2) is 4.79 Å². The lowest BCUT2D eigenvalue weighted by Gasteiger charge is -2.23. The number of benzene rings is 1. The highest BCUT2D eigenvalue weighted by atomic mass is 32.2. The molecule has 1 unspecified atom stereocenters. The topological polar surface area (TPSA) is 75.7 Å². The maximum atomic E-state index is 12.5. The van der Waals surface area contributed by atoms with Crippen LogP contribution in [0.2, 0.25) is 0 Å². The summed E-state index contributed by atoms with van der Waals surface area (Å²) < 4.78 is 5.19. The van der Waals surface area contributed by atoms with Gasteiger partial charge in [0.05, 0.1) is 5.88 Å². The van der Waals surface area contributed by atoms with Gasteiger partial charge in [0, 0.05) is 17.9 Å². The van der Waals surface area contributed by atoms with Gasteiger partial charge in [-0.15, -0.1) is 11.8 Å². The molecule has 1 saturated heterocycles. The first-order chi connectivity index (χ1) is 13.6. The molecule has 3 rings (SSSR count). The van der Waals surface area contributed by atoms with Gasteiger partial charge in [0.15, 0.2) is 6.61 Å². The molecule has 2 amide bonds. The molecule has 6 nitrogen and oxygen atoms in total. The maximum absolute atomic E-state index is 12.5. The van der Waals surface area contributed by atoms with Crippen LogP contribution in [0.15, 0.2) is 36.4 Å². The Hall–Kier alpha value is -2.28. The van der Waals surface area contributed by atoms with Crippen LogP contribution < -0.4 is 5.32 Å². The number of hydrogen-bond donors (Lipinski definition) is 1. The van der Waals surface area contributed by atoms with Crippen LogP contribution in [-0.2, 0) is 19.1 Å². The van der Waals surface area contributed by atoms with Crippen LogP contribution in [0.5, 0.6) is 0 Å².